The van der Waals surface area contributed by atoms with Gasteiger partial charge in [-0.05, 0) is 36.4 Å². The third-order valence-corrected chi connectivity index (χ3v) is 4.58. The van der Waals surface area contributed by atoms with Crippen LogP contribution in [0.1, 0.15) is 10.4 Å². The second kappa shape index (κ2) is 7.59. The number of imidazole rings is 1. The Labute approximate surface area is 170 Å². The molecule has 1 amide bonds. The van der Waals surface area contributed by atoms with Gasteiger partial charge in [0.1, 0.15) is 17.9 Å². The largest absolute Gasteiger partial charge is 0.497 e. The zero-order valence-corrected chi connectivity index (χ0v) is 16.1. The van der Waals surface area contributed by atoms with Gasteiger partial charge in [0.05, 0.1) is 12.0 Å². The molecule has 2 aromatic heterocycles. The Morgan fingerprint density at radius 2 is 1.80 bits per heavy atom. The molecular formula is C20H16N6O4. The monoisotopic (exact) mass is 404 g/mol. The predicted octanol–water partition coefficient (Wildman–Crippen LogP) is 3.20. The van der Waals surface area contributed by atoms with E-state index >= 15 is 0 Å². The maximum absolute atomic E-state index is 12.6. The van der Waals surface area contributed by atoms with Crippen LogP contribution in [0.2, 0.25) is 0 Å². The first-order valence-electron chi connectivity index (χ1n) is 8.85. The molecule has 10 nitrogen and oxygen atoms in total. The van der Waals surface area contributed by atoms with Gasteiger partial charge in [0, 0.05) is 30.3 Å². The van der Waals surface area contributed by atoms with E-state index in [0.29, 0.717) is 17.0 Å². The van der Waals surface area contributed by atoms with Crippen molar-refractivity contribution in [2.24, 2.45) is 7.05 Å². The number of ether oxygens (including phenoxy) is 1. The fraction of sp³-hybridized carbons (Fsp3) is 0.100. The predicted molar refractivity (Wildman–Crippen MR) is 109 cm³/mol. The summed E-state index contributed by atoms with van der Waals surface area (Å²) in [5, 5.41) is 13.5. The number of non-ortho nitro benzene ring substituents is 1. The molecule has 0 spiro atoms. The number of hydrogen-bond acceptors (Lipinski definition) is 7. The zero-order valence-electron chi connectivity index (χ0n) is 16.1. The van der Waals surface area contributed by atoms with Gasteiger partial charge in [-0.3, -0.25) is 14.9 Å². The van der Waals surface area contributed by atoms with E-state index in [1.165, 1.54) is 30.6 Å². The topological polar surface area (TPSA) is 125 Å². The minimum absolute atomic E-state index is 0.0927. The second-order valence-corrected chi connectivity index (χ2v) is 6.38. The van der Waals surface area contributed by atoms with E-state index in [2.05, 4.69) is 20.3 Å². The van der Waals surface area contributed by atoms with Crippen molar-refractivity contribution in [1.82, 2.24) is 19.5 Å². The molecule has 2 heterocycles. The highest BCUT2D eigenvalue weighted by Crippen LogP contribution is 2.27. The van der Waals surface area contributed by atoms with Crippen LogP contribution < -0.4 is 10.1 Å². The van der Waals surface area contributed by atoms with E-state index in [1.54, 1.807) is 11.7 Å². The lowest BCUT2D eigenvalue weighted by Crippen LogP contribution is -2.13. The maximum atomic E-state index is 12.6. The summed E-state index contributed by atoms with van der Waals surface area (Å²) in [7, 11) is 3.42. The molecule has 0 fully saturated rings. The first kappa shape index (κ1) is 19.0. The third-order valence-electron chi connectivity index (χ3n) is 4.58. The number of rotatable bonds is 5. The third kappa shape index (κ3) is 3.41. The number of benzene rings is 2. The molecule has 150 valence electrons. The molecule has 0 atom stereocenters. The van der Waals surface area contributed by atoms with E-state index in [0.717, 1.165) is 11.3 Å². The molecule has 0 aliphatic carbocycles. The van der Waals surface area contributed by atoms with Crippen molar-refractivity contribution in [3.63, 3.8) is 0 Å². The smallest absolute Gasteiger partial charge is 0.269 e. The Bertz CT molecular complexity index is 1250. The minimum atomic E-state index is -0.524. The number of aryl methyl sites for hydroxylation is 1. The van der Waals surface area contributed by atoms with Crippen LogP contribution >= 0.6 is 0 Å². The molecule has 10 heteroatoms. The summed E-state index contributed by atoms with van der Waals surface area (Å²) >= 11 is 0. The van der Waals surface area contributed by atoms with Gasteiger partial charge in [-0.25, -0.2) is 15.0 Å². The van der Waals surface area contributed by atoms with E-state index in [1.807, 2.05) is 31.3 Å². The Balaban J connectivity index is 1.67. The molecule has 0 aliphatic heterocycles. The van der Waals surface area contributed by atoms with Crippen molar-refractivity contribution in [2.45, 2.75) is 0 Å². The minimum Gasteiger partial charge on any atom is -0.497 e. The number of amides is 1. The number of fused-ring (bicyclic) bond motifs is 1. The molecule has 0 unspecified atom stereocenters. The maximum Gasteiger partial charge on any atom is 0.269 e. The molecule has 0 saturated carbocycles. The van der Waals surface area contributed by atoms with E-state index in [4.69, 9.17) is 4.74 Å². The Hall–Kier alpha value is -4.34. The van der Waals surface area contributed by atoms with Gasteiger partial charge < -0.3 is 14.6 Å². The summed E-state index contributed by atoms with van der Waals surface area (Å²) in [5.41, 5.74) is 2.00. The highest BCUT2D eigenvalue weighted by molar-refractivity contribution is 6.07. The van der Waals surface area contributed by atoms with Crippen molar-refractivity contribution >= 4 is 28.6 Å². The summed E-state index contributed by atoms with van der Waals surface area (Å²) in [6, 6.07) is 12.7. The molecule has 4 aromatic rings. The fourth-order valence-electron chi connectivity index (χ4n) is 3.00. The first-order valence-corrected chi connectivity index (χ1v) is 8.85. The molecule has 2 aromatic carbocycles. The summed E-state index contributed by atoms with van der Waals surface area (Å²) < 4.78 is 6.99. The van der Waals surface area contributed by atoms with E-state index < -0.39 is 10.8 Å². The molecule has 0 bridgehead atoms. The van der Waals surface area contributed by atoms with Crippen molar-refractivity contribution in [3.05, 3.63) is 70.5 Å². The van der Waals surface area contributed by atoms with Crippen LogP contribution in [0.15, 0.2) is 54.9 Å². The molecule has 0 radical (unpaired) electrons. The number of anilines is 1. The summed E-state index contributed by atoms with van der Waals surface area (Å²) in [6.07, 6.45) is 1.34. The van der Waals surface area contributed by atoms with Crippen molar-refractivity contribution in [3.8, 4) is 17.1 Å². The van der Waals surface area contributed by atoms with E-state index in [-0.39, 0.29) is 17.1 Å². The normalized spacial score (nSPS) is 10.7. The Kier molecular flexibility index (Phi) is 4.80. The summed E-state index contributed by atoms with van der Waals surface area (Å²) in [6.45, 7) is 0. The number of methoxy groups -OCH3 is 1. The molecule has 0 saturated heterocycles. The van der Waals surface area contributed by atoms with Crippen LogP contribution in [0, 0.1) is 10.1 Å². The number of nitrogens with one attached hydrogen (secondary N) is 1. The van der Waals surface area contributed by atoms with Gasteiger partial charge in [-0.15, -0.1) is 0 Å². The van der Waals surface area contributed by atoms with Gasteiger partial charge in [0.15, 0.2) is 17.0 Å². The second-order valence-electron chi connectivity index (χ2n) is 6.38. The number of nitrogens with zero attached hydrogens (tertiary/aromatic N) is 5. The summed E-state index contributed by atoms with van der Waals surface area (Å²) in [4.78, 5) is 35.9. The highest BCUT2D eigenvalue weighted by Gasteiger charge is 2.17. The molecule has 0 aliphatic rings. The van der Waals surface area contributed by atoms with Gasteiger partial charge in [-0.2, -0.15) is 0 Å². The number of carbonyl (C=O) groups is 1. The van der Waals surface area contributed by atoms with Gasteiger partial charge >= 0.3 is 0 Å². The first-order chi connectivity index (χ1) is 14.5. The Morgan fingerprint density at radius 1 is 1.10 bits per heavy atom. The van der Waals surface area contributed by atoms with Crippen LogP contribution in [0.4, 0.5) is 11.5 Å². The summed E-state index contributed by atoms with van der Waals surface area (Å²) in [5.74, 6) is 1.17. The Morgan fingerprint density at radius 3 is 2.43 bits per heavy atom. The SMILES string of the molecule is COc1ccc(-c2nc3c(NC(=O)c4ccc([N+](=O)[O-])cc4)ncnc3n2C)cc1. The molecular weight excluding hydrogens is 388 g/mol. The zero-order chi connectivity index (χ0) is 21.3. The number of aromatic nitrogens is 4. The quantitative estimate of drug-likeness (QED) is 0.400. The lowest BCUT2D eigenvalue weighted by atomic mass is 10.2. The lowest BCUT2D eigenvalue weighted by Gasteiger charge is -2.05. The molecule has 4 rings (SSSR count). The molecule has 1 N–H and O–H groups in total. The number of carbonyl (C=O) groups excluding carboxylic acids is 1. The van der Waals surface area contributed by atoms with E-state index in [9.17, 15) is 14.9 Å². The van der Waals surface area contributed by atoms with Crippen molar-refractivity contribution < 1.29 is 14.5 Å². The van der Waals surface area contributed by atoms with Crippen LogP contribution in [-0.2, 0) is 7.05 Å². The van der Waals surface area contributed by atoms with Crippen molar-refractivity contribution in [1.29, 1.82) is 0 Å². The number of nitro groups is 1. The van der Waals surface area contributed by atoms with Gasteiger partial charge in [0.25, 0.3) is 11.6 Å². The standard InChI is InChI=1S/C20H16N6O4/c1-25-18(12-5-9-15(30-2)10-6-12)23-16-17(21-11-22-19(16)25)24-20(27)13-3-7-14(8-4-13)26(28)29/h3-11H,1-2H3,(H,21,22,24,27). The van der Waals surface area contributed by atoms with Crippen LogP contribution in [-0.4, -0.2) is 37.5 Å². The highest BCUT2D eigenvalue weighted by atomic mass is 16.6. The van der Waals surface area contributed by atoms with Crippen molar-refractivity contribution in [2.75, 3.05) is 12.4 Å². The molecule has 30 heavy (non-hydrogen) atoms. The van der Waals surface area contributed by atoms with Gasteiger partial charge in [0.2, 0.25) is 0 Å². The average Bonchev–Trinajstić information content (AvgIpc) is 3.11. The number of nitro benzene ring substituents is 1. The van der Waals surface area contributed by atoms with Crippen LogP contribution in [0.25, 0.3) is 22.6 Å². The lowest BCUT2D eigenvalue weighted by molar-refractivity contribution is -0.384. The van der Waals surface area contributed by atoms with Crippen LogP contribution in [0.3, 0.4) is 0 Å². The van der Waals surface area contributed by atoms with Gasteiger partial charge in [-0.1, -0.05) is 0 Å². The van der Waals surface area contributed by atoms with Crippen LogP contribution in [0.5, 0.6) is 5.75 Å². The number of hydrogen-bond donors (Lipinski definition) is 1. The average molecular weight is 404 g/mol. The fourth-order valence-corrected chi connectivity index (χ4v) is 3.00.